The van der Waals surface area contributed by atoms with Crippen molar-refractivity contribution in [3.8, 4) is 11.5 Å². The quantitative estimate of drug-likeness (QED) is 0.571. The van der Waals surface area contributed by atoms with Crippen molar-refractivity contribution < 1.29 is 24.2 Å². The fraction of sp³-hybridized carbons (Fsp3) is 0.353. The van der Waals surface area contributed by atoms with Crippen LogP contribution in [-0.4, -0.2) is 33.9 Å². The normalized spacial score (nSPS) is 19.2. The van der Waals surface area contributed by atoms with Crippen LogP contribution in [0.15, 0.2) is 23.1 Å². The standard InChI is InChI=1S/C17H17NO5S2/c1-9(2)5-11(16(20)21)18-15(19)14(25-17(18)24)7-10-3-4-12-13(6-10)23-8-22-12/h3-4,6-7,9,11H,5,8H2,1-2H3,(H,20,21)/p-1/b14-7-/t11-/m1/s1. The van der Waals surface area contributed by atoms with Crippen LogP contribution in [-0.2, 0) is 9.59 Å². The summed E-state index contributed by atoms with van der Waals surface area (Å²) in [6.07, 6.45) is 1.95. The summed E-state index contributed by atoms with van der Waals surface area (Å²) in [5.41, 5.74) is 0.749. The SMILES string of the molecule is CC(C)C[C@H](C(=O)[O-])N1C(=O)/C(=C/c2ccc3c(c2)OCO3)SC1=S. The van der Waals surface area contributed by atoms with Gasteiger partial charge in [0.15, 0.2) is 11.5 Å². The summed E-state index contributed by atoms with van der Waals surface area (Å²) in [5, 5.41) is 11.5. The third-order valence-electron chi connectivity index (χ3n) is 3.80. The van der Waals surface area contributed by atoms with E-state index in [1.165, 1.54) is 0 Å². The van der Waals surface area contributed by atoms with Gasteiger partial charge in [-0.15, -0.1) is 0 Å². The molecule has 1 fully saturated rings. The molecule has 0 spiro atoms. The Bertz CT molecular complexity index is 774. The Kier molecular flexibility index (Phi) is 5.01. The van der Waals surface area contributed by atoms with Crippen molar-refractivity contribution in [3.05, 3.63) is 28.7 Å². The number of fused-ring (bicyclic) bond motifs is 1. The number of thioether (sulfide) groups is 1. The summed E-state index contributed by atoms with van der Waals surface area (Å²) in [4.78, 5) is 25.7. The third-order valence-corrected chi connectivity index (χ3v) is 5.13. The van der Waals surface area contributed by atoms with E-state index in [0.717, 1.165) is 22.2 Å². The van der Waals surface area contributed by atoms with Gasteiger partial charge in [-0.2, -0.15) is 0 Å². The molecule has 0 unspecified atom stereocenters. The predicted octanol–water partition coefficient (Wildman–Crippen LogP) is 1.78. The van der Waals surface area contributed by atoms with Gasteiger partial charge in [0.1, 0.15) is 4.32 Å². The Balaban J connectivity index is 1.86. The molecule has 0 aliphatic carbocycles. The van der Waals surface area contributed by atoms with Crippen LogP contribution in [0.3, 0.4) is 0 Å². The highest BCUT2D eigenvalue weighted by molar-refractivity contribution is 8.26. The molecule has 8 heteroatoms. The molecule has 0 N–H and O–H groups in total. The van der Waals surface area contributed by atoms with Gasteiger partial charge in [0, 0.05) is 0 Å². The fourth-order valence-electron chi connectivity index (χ4n) is 2.66. The number of hydrogen-bond acceptors (Lipinski definition) is 7. The van der Waals surface area contributed by atoms with E-state index in [0.29, 0.717) is 16.4 Å². The van der Waals surface area contributed by atoms with E-state index in [2.05, 4.69) is 0 Å². The maximum atomic E-state index is 12.7. The smallest absolute Gasteiger partial charge is 0.266 e. The van der Waals surface area contributed by atoms with Crippen molar-refractivity contribution in [2.24, 2.45) is 5.92 Å². The van der Waals surface area contributed by atoms with Crippen molar-refractivity contribution in [2.45, 2.75) is 26.3 Å². The number of ether oxygens (including phenoxy) is 2. The maximum absolute atomic E-state index is 12.7. The summed E-state index contributed by atoms with van der Waals surface area (Å²) in [5.74, 6) is -0.363. The molecule has 1 aromatic rings. The van der Waals surface area contributed by atoms with E-state index in [4.69, 9.17) is 21.7 Å². The minimum atomic E-state index is -1.30. The van der Waals surface area contributed by atoms with Crippen LogP contribution in [0.25, 0.3) is 6.08 Å². The first-order valence-electron chi connectivity index (χ1n) is 7.74. The Hall–Kier alpha value is -2.06. The lowest BCUT2D eigenvalue weighted by Crippen LogP contribution is -2.50. The molecule has 1 atom stereocenters. The maximum Gasteiger partial charge on any atom is 0.266 e. The molecule has 1 saturated heterocycles. The van der Waals surface area contributed by atoms with Crippen molar-refractivity contribution in [1.82, 2.24) is 4.90 Å². The van der Waals surface area contributed by atoms with Gasteiger partial charge in [0.05, 0.1) is 16.9 Å². The molecule has 6 nitrogen and oxygen atoms in total. The Morgan fingerprint density at radius 1 is 1.40 bits per heavy atom. The largest absolute Gasteiger partial charge is 0.548 e. The summed E-state index contributed by atoms with van der Waals surface area (Å²) >= 11 is 6.32. The lowest BCUT2D eigenvalue weighted by Gasteiger charge is -2.28. The molecule has 25 heavy (non-hydrogen) atoms. The molecule has 2 aliphatic heterocycles. The molecule has 0 bridgehead atoms. The molecule has 2 aliphatic rings. The van der Waals surface area contributed by atoms with Gasteiger partial charge >= 0.3 is 0 Å². The second kappa shape index (κ2) is 7.05. The number of amides is 1. The third kappa shape index (κ3) is 3.64. The zero-order chi connectivity index (χ0) is 18.1. The van der Waals surface area contributed by atoms with E-state index in [9.17, 15) is 14.7 Å². The Labute approximate surface area is 154 Å². The van der Waals surface area contributed by atoms with Gasteiger partial charge in [-0.25, -0.2) is 0 Å². The predicted molar refractivity (Wildman–Crippen MR) is 95.8 cm³/mol. The number of nitrogens with zero attached hydrogens (tertiary/aromatic N) is 1. The van der Waals surface area contributed by atoms with E-state index >= 15 is 0 Å². The van der Waals surface area contributed by atoms with Crippen molar-refractivity contribution in [2.75, 3.05) is 6.79 Å². The minimum Gasteiger partial charge on any atom is -0.548 e. The molecule has 0 saturated carbocycles. The highest BCUT2D eigenvalue weighted by atomic mass is 32.2. The number of carboxylic acids is 1. The molecular weight excluding hydrogens is 362 g/mol. The molecule has 2 heterocycles. The van der Waals surface area contributed by atoms with Gasteiger partial charge in [-0.1, -0.05) is 43.9 Å². The van der Waals surface area contributed by atoms with Crippen LogP contribution in [0.4, 0.5) is 0 Å². The summed E-state index contributed by atoms with van der Waals surface area (Å²) < 4.78 is 10.8. The van der Waals surface area contributed by atoms with Crippen molar-refractivity contribution in [1.29, 1.82) is 0 Å². The summed E-state index contributed by atoms with van der Waals surface area (Å²) in [7, 11) is 0. The van der Waals surface area contributed by atoms with Crippen molar-refractivity contribution >= 4 is 46.3 Å². The number of carbonyl (C=O) groups is 2. The first-order chi connectivity index (χ1) is 11.9. The van der Waals surface area contributed by atoms with Crippen molar-refractivity contribution in [3.63, 3.8) is 0 Å². The van der Waals surface area contributed by atoms with Crippen LogP contribution >= 0.6 is 24.0 Å². The number of rotatable bonds is 5. The molecule has 1 aromatic carbocycles. The molecule has 0 radical (unpaired) electrons. The molecular formula is C17H16NO5S2-. The fourth-order valence-corrected chi connectivity index (χ4v) is 4.01. The Morgan fingerprint density at radius 3 is 2.80 bits per heavy atom. The van der Waals surface area contributed by atoms with E-state index in [-0.39, 0.29) is 23.5 Å². The molecule has 3 rings (SSSR count). The molecule has 132 valence electrons. The number of hydrogen-bond donors (Lipinski definition) is 0. The van der Waals surface area contributed by atoms with Crippen LogP contribution in [0.1, 0.15) is 25.8 Å². The number of carboxylic acid groups (broad SMARTS) is 1. The molecule has 1 amide bonds. The van der Waals surface area contributed by atoms with Gasteiger partial charge in [-0.3, -0.25) is 9.69 Å². The number of aliphatic carboxylic acids is 1. The van der Waals surface area contributed by atoms with Crippen LogP contribution < -0.4 is 14.6 Å². The highest BCUT2D eigenvalue weighted by Crippen LogP contribution is 2.37. The average molecular weight is 378 g/mol. The van der Waals surface area contributed by atoms with Gasteiger partial charge in [0.2, 0.25) is 6.79 Å². The Morgan fingerprint density at radius 2 is 2.12 bits per heavy atom. The van der Waals surface area contributed by atoms with Crippen LogP contribution in [0.5, 0.6) is 11.5 Å². The monoisotopic (exact) mass is 378 g/mol. The first-order valence-corrected chi connectivity index (χ1v) is 8.97. The van der Waals surface area contributed by atoms with Gasteiger partial charge < -0.3 is 19.4 Å². The highest BCUT2D eigenvalue weighted by Gasteiger charge is 2.38. The minimum absolute atomic E-state index is 0.0883. The van der Waals surface area contributed by atoms with Gasteiger partial charge in [-0.05, 0) is 36.1 Å². The number of carbonyl (C=O) groups excluding carboxylic acids is 2. The number of thiocarbonyl (C=S) groups is 1. The summed E-state index contributed by atoms with van der Waals surface area (Å²) in [6.45, 7) is 3.94. The van der Waals surface area contributed by atoms with Gasteiger partial charge in [0.25, 0.3) is 5.91 Å². The molecule has 0 aromatic heterocycles. The average Bonchev–Trinajstić information content (AvgIpc) is 3.10. The second-order valence-electron chi connectivity index (χ2n) is 6.13. The van der Waals surface area contributed by atoms with E-state index in [1.807, 2.05) is 13.8 Å². The zero-order valence-corrected chi connectivity index (χ0v) is 15.3. The first kappa shape index (κ1) is 17.8. The van der Waals surface area contributed by atoms with Crippen LogP contribution in [0, 0.1) is 5.92 Å². The summed E-state index contributed by atoms with van der Waals surface area (Å²) in [6, 6.07) is 4.26. The lowest BCUT2D eigenvalue weighted by atomic mass is 10.0. The van der Waals surface area contributed by atoms with Crippen LogP contribution in [0.2, 0.25) is 0 Å². The van der Waals surface area contributed by atoms with E-state index in [1.54, 1.807) is 24.3 Å². The van der Waals surface area contributed by atoms with E-state index < -0.39 is 17.9 Å². The lowest BCUT2D eigenvalue weighted by molar-refractivity contribution is -0.310. The second-order valence-corrected chi connectivity index (χ2v) is 7.80. The zero-order valence-electron chi connectivity index (χ0n) is 13.7. The topological polar surface area (TPSA) is 78.9 Å². The number of benzene rings is 1.